The topological polar surface area (TPSA) is 139 Å². The first kappa shape index (κ1) is 22.5. The number of carbonyl (C=O) groups excluding carboxylic acids is 3. The van der Waals surface area contributed by atoms with Gasteiger partial charge in [-0.25, -0.2) is 17.9 Å². The first-order chi connectivity index (χ1) is 14.7. The summed E-state index contributed by atoms with van der Waals surface area (Å²) in [5.74, 6) is -0.879. The highest BCUT2D eigenvalue weighted by molar-refractivity contribution is 8.26. The Balaban J connectivity index is 1.64. The Kier molecular flexibility index (Phi) is 6.73. The lowest BCUT2D eigenvalue weighted by Crippen LogP contribution is -2.36. The number of primary amides is 1. The van der Waals surface area contributed by atoms with Crippen molar-refractivity contribution in [2.75, 3.05) is 11.9 Å². The SMILES string of the molecule is NC(=O)NS(=O)(=O)c1ccc(NC(=O)CN2C(=O)/C(=C\c3ccccc3)SC2=S)cc1. The molecule has 1 fully saturated rings. The van der Waals surface area contributed by atoms with E-state index < -0.39 is 22.0 Å². The van der Waals surface area contributed by atoms with Crippen LogP contribution in [-0.4, -0.2) is 42.0 Å². The van der Waals surface area contributed by atoms with E-state index in [0.29, 0.717) is 10.6 Å². The summed E-state index contributed by atoms with van der Waals surface area (Å²) in [5, 5.41) is 2.57. The van der Waals surface area contributed by atoms with E-state index in [-0.39, 0.29) is 21.7 Å². The molecule has 1 saturated heterocycles. The molecular formula is C19H16N4O5S3. The van der Waals surface area contributed by atoms with Crippen LogP contribution in [-0.2, 0) is 19.6 Å². The third-order valence-electron chi connectivity index (χ3n) is 3.96. The number of nitrogens with zero attached hydrogens (tertiary/aromatic N) is 1. The molecule has 4 N–H and O–H groups in total. The molecule has 0 radical (unpaired) electrons. The number of amides is 4. The Hall–Kier alpha value is -3.22. The molecule has 0 unspecified atom stereocenters. The second kappa shape index (κ2) is 9.29. The maximum absolute atomic E-state index is 12.6. The van der Waals surface area contributed by atoms with Crippen molar-refractivity contribution in [3.63, 3.8) is 0 Å². The molecule has 3 rings (SSSR count). The number of urea groups is 1. The molecule has 4 amide bonds. The largest absolute Gasteiger partial charge is 0.351 e. The average molecular weight is 477 g/mol. The fourth-order valence-electron chi connectivity index (χ4n) is 2.59. The summed E-state index contributed by atoms with van der Waals surface area (Å²) in [5.41, 5.74) is 5.97. The Morgan fingerprint density at radius 1 is 1.10 bits per heavy atom. The van der Waals surface area contributed by atoms with Crippen LogP contribution in [0, 0.1) is 0 Å². The predicted molar refractivity (Wildman–Crippen MR) is 121 cm³/mol. The quantitative estimate of drug-likeness (QED) is 0.427. The van der Waals surface area contributed by atoms with E-state index in [1.54, 1.807) is 10.8 Å². The molecule has 1 aliphatic rings. The minimum Gasteiger partial charge on any atom is -0.351 e. The van der Waals surface area contributed by atoms with E-state index in [1.807, 2.05) is 30.3 Å². The van der Waals surface area contributed by atoms with Gasteiger partial charge in [0.1, 0.15) is 10.9 Å². The number of thiocarbonyl (C=S) groups is 1. The van der Waals surface area contributed by atoms with Crippen LogP contribution < -0.4 is 15.8 Å². The first-order valence-corrected chi connectivity index (χ1v) is 11.4. The molecule has 12 heteroatoms. The zero-order chi connectivity index (χ0) is 22.6. The second-order valence-electron chi connectivity index (χ2n) is 6.22. The lowest BCUT2D eigenvalue weighted by atomic mass is 10.2. The van der Waals surface area contributed by atoms with Gasteiger partial charge in [-0.05, 0) is 35.9 Å². The Labute approximate surface area is 187 Å². The van der Waals surface area contributed by atoms with Crippen LogP contribution in [0.4, 0.5) is 10.5 Å². The Morgan fingerprint density at radius 3 is 2.35 bits per heavy atom. The van der Waals surface area contributed by atoms with Crippen LogP contribution in [0.2, 0.25) is 0 Å². The number of anilines is 1. The maximum Gasteiger partial charge on any atom is 0.326 e. The van der Waals surface area contributed by atoms with E-state index in [4.69, 9.17) is 18.0 Å². The fraction of sp³-hybridized carbons (Fsp3) is 0.0526. The van der Waals surface area contributed by atoms with E-state index in [1.165, 1.54) is 29.2 Å². The average Bonchev–Trinajstić information content (AvgIpc) is 2.95. The molecule has 0 aromatic heterocycles. The number of nitrogens with one attached hydrogen (secondary N) is 2. The van der Waals surface area contributed by atoms with Crippen molar-refractivity contribution in [1.29, 1.82) is 0 Å². The zero-order valence-corrected chi connectivity index (χ0v) is 18.2. The fourth-order valence-corrected chi connectivity index (χ4v) is 4.72. The van der Waals surface area contributed by atoms with Gasteiger partial charge in [-0.3, -0.25) is 14.5 Å². The van der Waals surface area contributed by atoms with Crippen LogP contribution in [0.1, 0.15) is 5.56 Å². The number of hydrogen-bond donors (Lipinski definition) is 3. The number of rotatable bonds is 6. The molecule has 1 aliphatic heterocycles. The van der Waals surface area contributed by atoms with Gasteiger partial charge in [0.25, 0.3) is 15.9 Å². The van der Waals surface area contributed by atoms with E-state index in [2.05, 4.69) is 5.32 Å². The Morgan fingerprint density at radius 2 is 1.74 bits per heavy atom. The van der Waals surface area contributed by atoms with E-state index >= 15 is 0 Å². The van der Waals surface area contributed by atoms with Gasteiger partial charge in [-0.1, -0.05) is 54.3 Å². The minimum atomic E-state index is -4.09. The van der Waals surface area contributed by atoms with Crippen molar-refractivity contribution >= 4 is 67.9 Å². The van der Waals surface area contributed by atoms with Gasteiger partial charge in [-0.2, -0.15) is 0 Å². The van der Waals surface area contributed by atoms with Gasteiger partial charge >= 0.3 is 6.03 Å². The molecule has 0 atom stereocenters. The maximum atomic E-state index is 12.6. The molecular weight excluding hydrogens is 460 g/mol. The van der Waals surface area contributed by atoms with Crippen molar-refractivity contribution in [3.8, 4) is 0 Å². The normalized spacial score (nSPS) is 15.2. The van der Waals surface area contributed by atoms with E-state index in [0.717, 1.165) is 17.3 Å². The molecule has 31 heavy (non-hydrogen) atoms. The van der Waals surface area contributed by atoms with Gasteiger partial charge in [0.2, 0.25) is 5.91 Å². The number of thioether (sulfide) groups is 1. The number of hydrogen-bond acceptors (Lipinski definition) is 7. The van der Waals surface area contributed by atoms with Gasteiger partial charge in [0.05, 0.1) is 9.80 Å². The summed E-state index contributed by atoms with van der Waals surface area (Å²) < 4.78 is 25.6. The summed E-state index contributed by atoms with van der Waals surface area (Å²) >= 11 is 6.33. The van der Waals surface area contributed by atoms with Crippen LogP contribution in [0.5, 0.6) is 0 Å². The van der Waals surface area contributed by atoms with Gasteiger partial charge in [-0.15, -0.1) is 0 Å². The molecule has 1 heterocycles. The third kappa shape index (κ3) is 5.69. The van der Waals surface area contributed by atoms with Crippen molar-refractivity contribution in [3.05, 3.63) is 65.1 Å². The molecule has 0 saturated carbocycles. The van der Waals surface area contributed by atoms with Gasteiger partial charge < -0.3 is 11.1 Å². The van der Waals surface area contributed by atoms with Gasteiger partial charge in [0, 0.05) is 5.69 Å². The summed E-state index contributed by atoms with van der Waals surface area (Å²) in [6.07, 6.45) is 1.70. The van der Waals surface area contributed by atoms with Crippen molar-refractivity contribution < 1.29 is 22.8 Å². The van der Waals surface area contributed by atoms with E-state index in [9.17, 15) is 22.8 Å². The smallest absolute Gasteiger partial charge is 0.326 e. The summed E-state index contributed by atoms with van der Waals surface area (Å²) in [4.78, 5) is 37.2. The standard InChI is InChI=1S/C19H16N4O5S3/c20-18(26)22-31(27,28)14-8-6-13(7-9-14)21-16(24)11-23-17(25)15(30-19(23)29)10-12-4-2-1-3-5-12/h1-10H,11H2,(H,21,24)(H3,20,22,26)/b15-10+. The molecule has 2 aromatic carbocycles. The van der Waals surface area contributed by atoms with Crippen molar-refractivity contribution in [2.45, 2.75) is 4.90 Å². The number of sulfonamides is 1. The molecule has 160 valence electrons. The first-order valence-electron chi connectivity index (χ1n) is 8.68. The monoisotopic (exact) mass is 476 g/mol. The highest BCUT2D eigenvalue weighted by Gasteiger charge is 2.33. The minimum absolute atomic E-state index is 0.202. The molecule has 0 bridgehead atoms. The lowest BCUT2D eigenvalue weighted by Gasteiger charge is -2.14. The molecule has 2 aromatic rings. The highest BCUT2D eigenvalue weighted by Crippen LogP contribution is 2.32. The highest BCUT2D eigenvalue weighted by atomic mass is 32.2. The van der Waals surface area contributed by atoms with Crippen molar-refractivity contribution in [1.82, 2.24) is 9.62 Å². The van der Waals surface area contributed by atoms with Crippen LogP contribution in [0.25, 0.3) is 6.08 Å². The predicted octanol–water partition coefficient (Wildman–Crippen LogP) is 1.88. The van der Waals surface area contributed by atoms with Crippen LogP contribution >= 0.6 is 24.0 Å². The summed E-state index contributed by atoms with van der Waals surface area (Å²) in [7, 11) is -4.09. The number of carbonyl (C=O) groups is 3. The third-order valence-corrected chi connectivity index (χ3v) is 6.70. The summed E-state index contributed by atoms with van der Waals surface area (Å²) in [6.45, 7) is -0.292. The number of benzene rings is 2. The molecule has 9 nitrogen and oxygen atoms in total. The van der Waals surface area contributed by atoms with Crippen LogP contribution in [0.15, 0.2) is 64.4 Å². The number of nitrogens with two attached hydrogens (primary N) is 1. The van der Waals surface area contributed by atoms with Gasteiger partial charge in [0.15, 0.2) is 0 Å². The molecule has 0 spiro atoms. The Bertz CT molecular complexity index is 1180. The molecule has 0 aliphatic carbocycles. The lowest BCUT2D eigenvalue weighted by molar-refractivity contribution is -0.126. The zero-order valence-electron chi connectivity index (χ0n) is 15.8. The van der Waals surface area contributed by atoms with Crippen LogP contribution in [0.3, 0.4) is 0 Å². The second-order valence-corrected chi connectivity index (χ2v) is 9.58. The van der Waals surface area contributed by atoms with Crippen molar-refractivity contribution in [2.24, 2.45) is 5.73 Å². The summed E-state index contributed by atoms with van der Waals surface area (Å²) in [6, 6.07) is 13.1.